The number of ether oxygens (including phenoxy) is 1. The van der Waals surface area contributed by atoms with Crippen molar-refractivity contribution in [3.05, 3.63) is 66.4 Å². The lowest BCUT2D eigenvalue weighted by atomic mass is 9.96. The molecule has 1 aliphatic rings. The number of hydrogen-bond acceptors (Lipinski definition) is 6. The fourth-order valence-electron chi connectivity index (χ4n) is 5.14. The number of carbonyl (C=O) groups excluding carboxylic acids is 1. The highest BCUT2D eigenvalue weighted by Gasteiger charge is 2.35. The molecule has 1 aliphatic heterocycles. The Bertz CT molecular complexity index is 1650. The van der Waals surface area contributed by atoms with Crippen LogP contribution in [0.1, 0.15) is 18.9 Å². The predicted octanol–water partition coefficient (Wildman–Crippen LogP) is 4.72. The molecule has 1 saturated heterocycles. The van der Waals surface area contributed by atoms with E-state index in [-0.39, 0.29) is 40.8 Å². The van der Waals surface area contributed by atoms with Gasteiger partial charge in [0.2, 0.25) is 5.91 Å². The van der Waals surface area contributed by atoms with E-state index in [4.69, 9.17) is 11.2 Å². The number of fused-ring (bicyclic) bond motifs is 2. The van der Waals surface area contributed by atoms with Crippen LogP contribution in [-0.2, 0) is 4.79 Å². The van der Waals surface area contributed by atoms with E-state index in [1.165, 1.54) is 25.4 Å². The van der Waals surface area contributed by atoms with Gasteiger partial charge in [-0.2, -0.15) is 9.97 Å². The van der Waals surface area contributed by atoms with Gasteiger partial charge in [-0.3, -0.25) is 9.78 Å². The van der Waals surface area contributed by atoms with Crippen LogP contribution in [0.25, 0.3) is 32.9 Å². The lowest BCUT2D eigenvalue weighted by Gasteiger charge is -2.27. The number of hydrogen-bond donors (Lipinski definition) is 0. The van der Waals surface area contributed by atoms with Crippen LogP contribution < -0.4 is 9.64 Å². The Kier molecular flexibility index (Phi) is 6.41. The molecule has 0 aliphatic carbocycles. The minimum absolute atomic E-state index is 0.00141. The quantitative estimate of drug-likeness (QED) is 0.284. The number of anilines is 1. The van der Waals surface area contributed by atoms with E-state index in [1.54, 1.807) is 29.2 Å². The summed E-state index contributed by atoms with van der Waals surface area (Å²) in [6, 6.07) is 7.94. The summed E-state index contributed by atoms with van der Waals surface area (Å²) >= 11 is 0. The van der Waals surface area contributed by atoms with Crippen molar-refractivity contribution in [2.24, 2.45) is 0 Å². The van der Waals surface area contributed by atoms with Crippen LogP contribution in [0, 0.1) is 24.0 Å². The fraction of sp³-hybridized carbons (Fsp3) is 0.241. The van der Waals surface area contributed by atoms with Crippen molar-refractivity contribution < 1.29 is 18.3 Å². The summed E-state index contributed by atoms with van der Waals surface area (Å²) in [5.74, 6) is 1.38. The van der Waals surface area contributed by atoms with Crippen molar-refractivity contribution in [2.75, 3.05) is 25.6 Å². The SMILES string of the molecule is C#Cc1c(F)ccc2cccc(-c3ncc4c(N(C)C5CC(C)N(C(=O)C=C)C5)nc(OC)nc4c3F)c12. The number of aromatic nitrogens is 3. The zero-order chi connectivity index (χ0) is 27.1. The summed E-state index contributed by atoms with van der Waals surface area (Å²) in [7, 11) is 3.23. The van der Waals surface area contributed by atoms with Gasteiger partial charge >= 0.3 is 6.01 Å². The smallest absolute Gasteiger partial charge is 0.318 e. The Morgan fingerprint density at radius 3 is 2.79 bits per heavy atom. The minimum atomic E-state index is -0.708. The Hall–Kier alpha value is -4.58. The number of carbonyl (C=O) groups is 1. The molecule has 192 valence electrons. The topological polar surface area (TPSA) is 71.5 Å². The van der Waals surface area contributed by atoms with Gasteiger partial charge in [-0.25, -0.2) is 8.78 Å². The largest absolute Gasteiger partial charge is 0.467 e. The number of methoxy groups -OCH3 is 1. The molecule has 0 N–H and O–H groups in total. The second-order valence-corrected chi connectivity index (χ2v) is 9.23. The van der Waals surface area contributed by atoms with Crippen molar-refractivity contribution in [3.8, 4) is 29.6 Å². The molecule has 0 bridgehead atoms. The van der Waals surface area contributed by atoms with Gasteiger partial charge in [0.25, 0.3) is 0 Å². The molecule has 2 atom stereocenters. The van der Waals surface area contributed by atoms with Gasteiger partial charge in [0, 0.05) is 42.8 Å². The number of nitrogens with zero attached hydrogens (tertiary/aromatic N) is 5. The number of likely N-dealkylation sites (N-methyl/N-ethyl adjacent to an activating group) is 1. The van der Waals surface area contributed by atoms with Gasteiger partial charge < -0.3 is 14.5 Å². The van der Waals surface area contributed by atoms with Crippen molar-refractivity contribution in [1.82, 2.24) is 19.9 Å². The molecule has 1 fully saturated rings. The molecule has 0 radical (unpaired) electrons. The van der Waals surface area contributed by atoms with Crippen molar-refractivity contribution >= 4 is 33.4 Å². The Morgan fingerprint density at radius 1 is 1.29 bits per heavy atom. The van der Waals surface area contributed by atoms with Crippen LogP contribution in [0.15, 0.2) is 49.2 Å². The first-order valence-corrected chi connectivity index (χ1v) is 12.0. The molecule has 0 saturated carbocycles. The number of rotatable bonds is 5. The van der Waals surface area contributed by atoms with E-state index in [2.05, 4.69) is 27.5 Å². The monoisotopic (exact) mass is 513 g/mol. The molecule has 38 heavy (non-hydrogen) atoms. The third kappa shape index (κ3) is 3.98. The highest BCUT2D eigenvalue weighted by Crippen LogP contribution is 2.37. The number of halogens is 2. The molecule has 7 nitrogen and oxygen atoms in total. The number of amides is 1. The average Bonchev–Trinajstić information content (AvgIpc) is 3.33. The Labute approximate surface area is 218 Å². The molecule has 1 amide bonds. The van der Waals surface area contributed by atoms with Gasteiger partial charge in [0.1, 0.15) is 22.8 Å². The summed E-state index contributed by atoms with van der Waals surface area (Å²) < 4.78 is 36.1. The molecule has 4 aromatic rings. The van der Waals surface area contributed by atoms with Crippen molar-refractivity contribution in [2.45, 2.75) is 25.4 Å². The highest BCUT2D eigenvalue weighted by molar-refractivity contribution is 6.02. The van der Waals surface area contributed by atoms with Crippen LogP contribution in [0.4, 0.5) is 14.6 Å². The maximum Gasteiger partial charge on any atom is 0.318 e. The van der Waals surface area contributed by atoms with Crippen LogP contribution in [0.3, 0.4) is 0 Å². The maximum atomic E-state index is 16.2. The van der Waals surface area contributed by atoms with Gasteiger partial charge in [0.05, 0.1) is 18.1 Å². The molecular formula is C29H25F2N5O2. The van der Waals surface area contributed by atoms with E-state index in [0.29, 0.717) is 40.5 Å². The first-order chi connectivity index (χ1) is 18.3. The molecule has 2 aromatic carbocycles. The minimum Gasteiger partial charge on any atom is -0.467 e. The Morgan fingerprint density at radius 2 is 2.08 bits per heavy atom. The molecule has 9 heteroatoms. The number of likely N-dealkylation sites (tertiary alicyclic amines) is 1. The average molecular weight is 514 g/mol. The van der Waals surface area contributed by atoms with Crippen molar-refractivity contribution in [1.29, 1.82) is 0 Å². The van der Waals surface area contributed by atoms with Crippen LogP contribution in [-0.4, -0.2) is 58.5 Å². The summed E-state index contributed by atoms with van der Waals surface area (Å²) in [6.07, 6.45) is 9.10. The van der Waals surface area contributed by atoms with Gasteiger partial charge in [-0.1, -0.05) is 36.8 Å². The number of pyridine rings is 1. The predicted molar refractivity (Wildman–Crippen MR) is 143 cm³/mol. The lowest BCUT2D eigenvalue weighted by Crippen LogP contribution is -2.37. The van der Waals surface area contributed by atoms with E-state index >= 15 is 4.39 Å². The number of terminal acetylenes is 1. The first kappa shape index (κ1) is 25.1. The second-order valence-electron chi connectivity index (χ2n) is 9.23. The third-order valence-electron chi connectivity index (χ3n) is 7.11. The van der Waals surface area contributed by atoms with Crippen molar-refractivity contribution in [3.63, 3.8) is 0 Å². The summed E-state index contributed by atoms with van der Waals surface area (Å²) in [4.78, 5) is 29.1. The normalized spacial score (nSPS) is 17.0. The van der Waals surface area contributed by atoms with Gasteiger partial charge in [-0.15, -0.1) is 6.42 Å². The lowest BCUT2D eigenvalue weighted by molar-refractivity contribution is -0.126. The fourth-order valence-corrected chi connectivity index (χ4v) is 5.14. The van der Waals surface area contributed by atoms with Crippen LogP contribution in [0.5, 0.6) is 6.01 Å². The molecule has 0 spiro atoms. The number of benzene rings is 2. The molecular weight excluding hydrogens is 488 g/mol. The zero-order valence-corrected chi connectivity index (χ0v) is 21.2. The summed E-state index contributed by atoms with van der Waals surface area (Å²) in [5, 5.41) is 1.43. The van der Waals surface area contributed by atoms with Crippen LogP contribution >= 0.6 is 0 Å². The third-order valence-corrected chi connectivity index (χ3v) is 7.11. The van der Waals surface area contributed by atoms with E-state index < -0.39 is 11.6 Å². The standard InChI is InChI=1S/C29H25F2N5O2/c1-6-19-22(30)12-11-17-9-8-10-20(24(17)19)26-25(31)27-21(14-32-26)28(34-29(33-27)38-5)35(4)18-13-16(3)36(15-18)23(37)7-2/h1,7-12,14,16,18H,2,13,15H2,3-5H3. The molecule has 3 heterocycles. The highest BCUT2D eigenvalue weighted by atomic mass is 19.1. The molecule has 2 aromatic heterocycles. The maximum absolute atomic E-state index is 16.2. The van der Waals surface area contributed by atoms with Gasteiger partial charge in [-0.05, 0) is 30.9 Å². The summed E-state index contributed by atoms with van der Waals surface area (Å²) in [6.45, 7) is 6.02. The zero-order valence-electron chi connectivity index (χ0n) is 21.2. The first-order valence-electron chi connectivity index (χ1n) is 12.0. The van der Waals surface area contributed by atoms with Crippen LogP contribution in [0.2, 0.25) is 0 Å². The Balaban J connectivity index is 1.67. The summed E-state index contributed by atoms with van der Waals surface area (Å²) in [5.41, 5.74) is 0.375. The van der Waals surface area contributed by atoms with Gasteiger partial charge in [0.15, 0.2) is 5.82 Å². The van der Waals surface area contributed by atoms with E-state index in [9.17, 15) is 9.18 Å². The second kappa shape index (κ2) is 9.71. The molecule has 2 unspecified atom stereocenters. The van der Waals surface area contributed by atoms with E-state index in [1.807, 2.05) is 18.9 Å². The molecule has 5 rings (SSSR count). The van der Waals surface area contributed by atoms with E-state index in [0.717, 1.165) is 0 Å².